The molecule has 0 radical (unpaired) electrons. The van der Waals surface area contributed by atoms with Crippen molar-refractivity contribution in [2.24, 2.45) is 4.99 Å². The van der Waals surface area contributed by atoms with Gasteiger partial charge in [-0.2, -0.15) is 0 Å². The molecule has 1 unspecified atom stereocenters. The molecule has 2 rings (SSSR count). The lowest BCUT2D eigenvalue weighted by molar-refractivity contribution is 0.362. The van der Waals surface area contributed by atoms with E-state index < -0.39 is 8.07 Å². The van der Waals surface area contributed by atoms with Gasteiger partial charge in [0, 0.05) is 11.8 Å². The Kier molecular flexibility index (Phi) is 5.94. The molecule has 2 nitrogen and oxygen atoms in total. The van der Waals surface area contributed by atoms with Gasteiger partial charge in [0.25, 0.3) is 0 Å². The topological polar surface area (TPSA) is 21.6 Å². The quantitative estimate of drug-likeness (QED) is 0.385. The highest BCUT2D eigenvalue weighted by Gasteiger charge is 2.27. The monoisotopic (exact) mass is 323 g/mol. The molecule has 2 aromatic rings. The Labute approximate surface area is 140 Å². The van der Waals surface area contributed by atoms with Crippen LogP contribution in [-0.4, -0.2) is 20.9 Å². The molecule has 0 aromatic heterocycles. The van der Waals surface area contributed by atoms with Gasteiger partial charge in [-0.3, -0.25) is 4.99 Å². The Morgan fingerprint density at radius 3 is 2.35 bits per heavy atom. The molecule has 2 aromatic carbocycles. The number of aliphatic imine (C=N–C) groups is 1. The molecule has 0 heterocycles. The summed E-state index contributed by atoms with van der Waals surface area (Å²) < 4.78 is 5.71. The maximum atomic E-state index is 5.71. The van der Waals surface area contributed by atoms with Crippen molar-refractivity contribution in [2.75, 3.05) is 6.61 Å². The fraction of sp³-hybridized carbons (Fsp3) is 0.250. The van der Waals surface area contributed by atoms with Crippen LogP contribution in [-0.2, 0) is 0 Å². The van der Waals surface area contributed by atoms with Gasteiger partial charge in [0.05, 0.1) is 13.7 Å². The second-order valence-electron chi connectivity index (χ2n) is 6.59. The summed E-state index contributed by atoms with van der Waals surface area (Å²) in [4.78, 5) is 4.94. The van der Waals surface area contributed by atoms with Gasteiger partial charge in [-0.1, -0.05) is 74.8 Å². The lowest BCUT2D eigenvalue weighted by Gasteiger charge is -2.25. The molecular formula is C20H25NOSi. The molecule has 23 heavy (non-hydrogen) atoms. The third-order valence-corrected chi connectivity index (χ3v) is 5.70. The van der Waals surface area contributed by atoms with Gasteiger partial charge in [0.1, 0.15) is 12.4 Å². The lowest BCUT2D eigenvalue weighted by atomic mass is 10.2. The molecule has 0 spiro atoms. The van der Waals surface area contributed by atoms with E-state index in [1.165, 1.54) is 5.56 Å². The Balaban J connectivity index is 2.30. The SMILES string of the molecule is C=CCOc1ccccc1/C=N/C(c1ccccc1)[Si](C)(C)C. The van der Waals surface area contributed by atoms with Gasteiger partial charge < -0.3 is 4.74 Å². The number of para-hydroxylation sites is 1. The number of hydrogen-bond acceptors (Lipinski definition) is 2. The second-order valence-corrected chi connectivity index (χ2v) is 11.9. The number of rotatable bonds is 7. The van der Waals surface area contributed by atoms with Crippen molar-refractivity contribution in [2.45, 2.75) is 25.3 Å². The summed E-state index contributed by atoms with van der Waals surface area (Å²) in [5, 5.41) is 0. The second kappa shape index (κ2) is 7.93. The first kappa shape index (κ1) is 17.2. The molecule has 0 saturated carbocycles. The van der Waals surface area contributed by atoms with Gasteiger partial charge in [-0.25, -0.2) is 0 Å². The molecule has 0 fully saturated rings. The van der Waals surface area contributed by atoms with E-state index in [1.54, 1.807) is 6.08 Å². The van der Waals surface area contributed by atoms with Crippen LogP contribution in [0.5, 0.6) is 5.75 Å². The largest absolute Gasteiger partial charge is 0.489 e. The highest BCUT2D eigenvalue weighted by Crippen LogP contribution is 2.28. The first-order valence-electron chi connectivity index (χ1n) is 7.93. The summed E-state index contributed by atoms with van der Waals surface area (Å²) in [6.07, 6.45) is 3.71. The van der Waals surface area contributed by atoms with Gasteiger partial charge in [-0.15, -0.1) is 0 Å². The number of hydrogen-bond donors (Lipinski definition) is 0. The van der Waals surface area contributed by atoms with Crippen molar-refractivity contribution in [3.8, 4) is 5.75 Å². The van der Waals surface area contributed by atoms with E-state index in [9.17, 15) is 0 Å². The Morgan fingerprint density at radius 2 is 1.70 bits per heavy atom. The van der Waals surface area contributed by atoms with Crippen molar-refractivity contribution in [3.05, 3.63) is 78.4 Å². The standard InChI is InChI=1S/C20H25NOSi/c1-5-15-22-19-14-10-9-13-18(19)16-21-20(23(2,3)4)17-11-7-6-8-12-17/h5-14,16,20H,1,15H2,2-4H3/b21-16+. The smallest absolute Gasteiger partial charge is 0.128 e. The summed E-state index contributed by atoms with van der Waals surface area (Å²) in [6.45, 7) is 11.2. The molecule has 0 amide bonds. The molecule has 120 valence electrons. The van der Waals surface area contributed by atoms with Gasteiger partial charge >= 0.3 is 0 Å². The van der Waals surface area contributed by atoms with Crippen molar-refractivity contribution >= 4 is 14.3 Å². The zero-order valence-corrected chi connectivity index (χ0v) is 15.2. The Morgan fingerprint density at radius 1 is 1.04 bits per heavy atom. The molecule has 3 heteroatoms. The van der Waals surface area contributed by atoms with Crippen LogP contribution in [0.3, 0.4) is 0 Å². The van der Waals surface area contributed by atoms with E-state index >= 15 is 0 Å². The van der Waals surface area contributed by atoms with Gasteiger partial charge in [-0.05, 0) is 17.7 Å². The maximum Gasteiger partial charge on any atom is 0.128 e. The van der Waals surface area contributed by atoms with Crippen LogP contribution in [0, 0.1) is 0 Å². The zero-order valence-electron chi connectivity index (χ0n) is 14.2. The van der Waals surface area contributed by atoms with Gasteiger partial charge in [0.15, 0.2) is 0 Å². The number of ether oxygens (including phenoxy) is 1. The Hall–Kier alpha value is -2.13. The minimum atomic E-state index is -1.48. The summed E-state index contributed by atoms with van der Waals surface area (Å²) in [5.74, 6) is 0.846. The molecule has 0 aliphatic rings. The minimum absolute atomic E-state index is 0.233. The van der Waals surface area contributed by atoms with Crippen LogP contribution >= 0.6 is 0 Å². The molecule has 0 N–H and O–H groups in total. The average Bonchev–Trinajstić information content (AvgIpc) is 2.54. The first-order chi connectivity index (χ1) is 11.0. The average molecular weight is 324 g/mol. The third-order valence-electron chi connectivity index (χ3n) is 3.57. The minimum Gasteiger partial charge on any atom is -0.489 e. The van der Waals surface area contributed by atoms with Crippen LogP contribution in [0.25, 0.3) is 0 Å². The fourth-order valence-corrected chi connectivity index (χ4v) is 4.18. The third kappa shape index (κ3) is 4.93. The van der Waals surface area contributed by atoms with Crippen molar-refractivity contribution in [1.82, 2.24) is 0 Å². The van der Waals surface area contributed by atoms with E-state index in [0.717, 1.165) is 11.3 Å². The molecule has 0 saturated heterocycles. The molecular weight excluding hydrogens is 298 g/mol. The highest BCUT2D eigenvalue weighted by molar-refractivity contribution is 6.77. The predicted octanol–water partition coefficient (Wildman–Crippen LogP) is 5.29. The van der Waals surface area contributed by atoms with Crippen LogP contribution in [0.15, 0.2) is 72.2 Å². The molecule has 0 aliphatic carbocycles. The van der Waals surface area contributed by atoms with Crippen LogP contribution in [0.4, 0.5) is 0 Å². The molecule has 0 aliphatic heterocycles. The van der Waals surface area contributed by atoms with E-state index in [-0.39, 0.29) is 5.67 Å². The summed E-state index contributed by atoms with van der Waals surface area (Å²) in [6, 6.07) is 18.5. The number of nitrogens with zero attached hydrogens (tertiary/aromatic N) is 1. The lowest BCUT2D eigenvalue weighted by Crippen LogP contribution is -2.29. The summed E-state index contributed by atoms with van der Waals surface area (Å²) in [7, 11) is -1.48. The first-order valence-corrected chi connectivity index (χ1v) is 11.5. The summed E-state index contributed by atoms with van der Waals surface area (Å²) >= 11 is 0. The van der Waals surface area contributed by atoms with Crippen molar-refractivity contribution < 1.29 is 4.74 Å². The molecule has 0 bridgehead atoms. The van der Waals surface area contributed by atoms with E-state index in [0.29, 0.717) is 6.61 Å². The van der Waals surface area contributed by atoms with Crippen LogP contribution < -0.4 is 4.74 Å². The van der Waals surface area contributed by atoms with Crippen LogP contribution in [0.2, 0.25) is 19.6 Å². The normalized spacial score (nSPS) is 13.0. The fourth-order valence-electron chi connectivity index (χ4n) is 2.47. The van der Waals surface area contributed by atoms with Gasteiger partial charge in [0.2, 0.25) is 0 Å². The van der Waals surface area contributed by atoms with E-state index in [1.807, 2.05) is 36.5 Å². The zero-order chi connectivity index (χ0) is 16.7. The maximum absolute atomic E-state index is 5.71. The Bertz CT molecular complexity index is 659. The van der Waals surface area contributed by atoms with Crippen molar-refractivity contribution in [1.29, 1.82) is 0 Å². The highest BCUT2D eigenvalue weighted by atomic mass is 28.3. The van der Waals surface area contributed by atoms with E-state index in [2.05, 4.69) is 50.5 Å². The van der Waals surface area contributed by atoms with Crippen molar-refractivity contribution in [3.63, 3.8) is 0 Å². The van der Waals surface area contributed by atoms with E-state index in [4.69, 9.17) is 9.73 Å². The number of benzene rings is 2. The summed E-state index contributed by atoms with van der Waals surface area (Å²) in [5.41, 5.74) is 2.53. The molecule has 1 atom stereocenters. The van der Waals surface area contributed by atoms with Crippen LogP contribution in [0.1, 0.15) is 16.8 Å². The predicted molar refractivity (Wildman–Crippen MR) is 102 cm³/mol.